The molecule has 1 heteroatoms. The van der Waals surface area contributed by atoms with Crippen molar-refractivity contribution in [2.45, 2.75) is 39.5 Å². The van der Waals surface area contributed by atoms with Crippen LogP contribution in [0.3, 0.4) is 0 Å². The second-order valence-corrected chi connectivity index (χ2v) is 4.76. The van der Waals surface area contributed by atoms with E-state index in [1.165, 1.54) is 45.3 Å². The second kappa shape index (κ2) is 3.02. The molecule has 1 atom stereocenters. The Hall–Kier alpha value is -0.0400. The van der Waals surface area contributed by atoms with E-state index in [0.717, 1.165) is 11.3 Å². The zero-order valence-electron chi connectivity index (χ0n) is 8.47. The van der Waals surface area contributed by atoms with Gasteiger partial charge in [0.1, 0.15) is 0 Å². The molecule has 3 fully saturated rings. The van der Waals surface area contributed by atoms with Gasteiger partial charge in [-0.25, -0.2) is 0 Å². The van der Waals surface area contributed by atoms with Crippen LogP contribution in [0.5, 0.6) is 0 Å². The Morgan fingerprint density at radius 2 is 1.67 bits per heavy atom. The minimum atomic E-state index is 0.753. The van der Waals surface area contributed by atoms with Crippen LogP contribution in [0.25, 0.3) is 0 Å². The zero-order chi connectivity index (χ0) is 8.60. The molecule has 3 saturated heterocycles. The summed E-state index contributed by atoms with van der Waals surface area (Å²) >= 11 is 0. The molecule has 3 heterocycles. The van der Waals surface area contributed by atoms with Crippen LogP contribution in [0, 0.1) is 11.3 Å². The number of rotatable bonds is 2. The lowest BCUT2D eigenvalue weighted by Crippen LogP contribution is -2.50. The van der Waals surface area contributed by atoms with Gasteiger partial charge >= 0.3 is 0 Å². The molecule has 12 heavy (non-hydrogen) atoms. The molecule has 1 unspecified atom stereocenters. The summed E-state index contributed by atoms with van der Waals surface area (Å²) in [5, 5.41) is 0. The van der Waals surface area contributed by atoms with E-state index in [2.05, 4.69) is 18.7 Å². The van der Waals surface area contributed by atoms with E-state index in [1.54, 1.807) is 0 Å². The van der Waals surface area contributed by atoms with Crippen LogP contribution in [0.2, 0.25) is 0 Å². The topological polar surface area (TPSA) is 3.24 Å². The number of nitrogens with zero attached hydrogens (tertiary/aromatic N) is 1. The van der Waals surface area contributed by atoms with Crippen molar-refractivity contribution in [1.29, 1.82) is 0 Å². The van der Waals surface area contributed by atoms with Gasteiger partial charge in [-0.3, -0.25) is 0 Å². The largest absolute Gasteiger partial charge is 0.303 e. The van der Waals surface area contributed by atoms with Crippen molar-refractivity contribution in [3.05, 3.63) is 0 Å². The van der Waals surface area contributed by atoms with Crippen molar-refractivity contribution >= 4 is 0 Å². The maximum Gasteiger partial charge on any atom is -0.00133 e. The van der Waals surface area contributed by atoms with Crippen LogP contribution < -0.4 is 0 Å². The maximum atomic E-state index is 2.63. The second-order valence-electron chi connectivity index (χ2n) is 4.76. The Balaban J connectivity index is 2.08. The van der Waals surface area contributed by atoms with Crippen LogP contribution in [0.4, 0.5) is 0 Å². The highest BCUT2D eigenvalue weighted by atomic mass is 15.1. The predicted octanol–water partition coefficient (Wildman–Crippen LogP) is 2.52. The summed E-state index contributed by atoms with van der Waals surface area (Å²) in [6.45, 7) is 8.94. The van der Waals surface area contributed by atoms with Gasteiger partial charge in [0.05, 0.1) is 0 Å². The smallest absolute Gasteiger partial charge is 0.00133 e. The van der Waals surface area contributed by atoms with Crippen LogP contribution in [0.15, 0.2) is 0 Å². The molecule has 0 radical (unpaired) electrons. The highest BCUT2D eigenvalue weighted by molar-refractivity contribution is 4.94. The average molecular weight is 167 g/mol. The molecule has 0 aliphatic carbocycles. The van der Waals surface area contributed by atoms with Gasteiger partial charge in [-0.1, -0.05) is 20.3 Å². The van der Waals surface area contributed by atoms with Gasteiger partial charge < -0.3 is 4.90 Å². The van der Waals surface area contributed by atoms with Gasteiger partial charge in [0.15, 0.2) is 0 Å². The van der Waals surface area contributed by atoms with E-state index < -0.39 is 0 Å². The molecule has 0 N–H and O–H groups in total. The monoisotopic (exact) mass is 167 g/mol. The number of hydrogen-bond donors (Lipinski definition) is 0. The first-order chi connectivity index (χ1) is 5.77. The summed E-state index contributed by atoms with van der Waals surface area (Å²) in [4.78, 5) is 2.63. The standard InChI is InChI=1S/C11H21N/c1-3-10(2)11-4-7-12(8-5-11)9-6-11/h10H,3-9H2,1-2H3. The van der Waals surface area contributed by atoms with Crippen molar-refractivity contribution in [1.82, 2.24) is 4.90 Å². The predicted molar refractivity (Wildman–Crippen MR) is 52.2 cm³/mol. The van der Waals surface area contributed by atoms with E-state index in [-0.39, 0.29) is 0 Å². The lowest BCUT2D eigenvalue weighted by atomic mass is 9.64. The van der Waals surface area contributed by atoms with E-state index in [0.29, 0.717) is 0 Å². The van der Waals surface area contributed by atoms with Crippen molar-refractivity contribution in [2.24, 2.45) is 11.3 Å². The van der Waals surface area contributed by atoms with Gasteiger partial charge in [-0.05, 0) is 50.2 Å². The molecule has 3 aliphatic heterocycles. The molecule has 3 rings (SSSR count). The van der Waals surface area contributed by atoms with Gasteiger partial charge in [0.2, 0.25) is 0 Å². The quantitative estimate of drug-likeness (QED) is 0.611. The molecule has 0 amide bonds. The SMILES string of the molecule is CCC(C)C12CCN(CC1)CC2. The third-order valence-electron chi connectivity index (χ3n) is 4.44. The first kappa shape index (κ1) is 8.55. The summed E-state index contributed by atoms with van der Waals surface area (Å²) in [6.07, 6.45) is 5.80. The highest BCUT2D eigenvalue weighted by Gasteiger charge is 2.42. The fourth-order valence-electron chi connectivity index (χ4n) is 3.02. The fraction of sp³-hybridized carbons (Fsp3) is 1.00. The Morgan fingerprint density at radius 1 is 1.17 bits per heavy atom. The molecular formula is C11H21N. The molecule has 3 aliphatic rings. The van der Waals surface area contributed by atoms with Gasteiger partial charge in [0.25, 0.3) is 0 Å². The van der Waals surface area contributed by atoms with Crippen molar-refractivity contribution in [2.75, 3.05) is 19.6 Å². The summed E-state index contributed by atoms with van der Waals surface area (Å²) in [7, 11) is 0. The normalized spacial score (nSPS) is 43.0. The van der Waals surface area contributed by atoms with Gasteiger partial charge in [-0.2, -0.15) is 0 Å². The minimum Gasteiger partial charge on any atom is -0.303 e. The summed E-state index contributed by atoms with van der Waals surface area (Å²) in [5.74, 6) is 0.958. The molecule has 2 bridgehead atoms. The Labute approximate surface area is 76.1 Å². The van der Waals surface area contributed by atoms with E-state index in [1.807, 2.05) is 0 Å². The molecule has 0 saturated carbocycles. The molecular weight excluding hydrogens is 146 g/mol. The molecule has 0 aromatic carbocycles. The fourth-order valence-corrected chi connectivity index (χ4v) is 3.02. The van der Waals surface area contributed by atoms with Crippen LogP contribution in [-0.2, 0) is 0 Å². The third kappa shape index (κ3) is 1.19. The first-order valence-electron chi connectivity index (χ1n) is 5.49. The third-order valence-corrected chi connectivity index (χ3v) is 4.44. The number of fused-ring (bicyclic) bond motifs is 3. The lowest BCUT2D eigenvalue weighted by Gasteiger charge is -2.51. The molecule has 1 nitrogen and oxygen atoms in total. The van der Waals surface area contributed by atoms with Gasteiger partial charge in [0, 0.05) is 0 Å². The van der Waals surface area contributed by atoms with E-state index >= 15 is 0 Å². The van der Waals surface area contributed by atoms with Crippen LogP contribution in [-0.4, -0.2) is 24.5 Å². The molecule has 0 aromatic heterocycles. The molecule has 0 aromatic rings. The lowest BCUT2D eigenvalue weighted by molar-refractivity contribution is -0.0148. The van der Waals surface area contributed by atoms with Crippen LogP contribution in [0.1, 0.15) is 39.5 Å². The summed E-state index contributed by atoms with van der Waals surface area (Å²) < 4.78 is 0. The highest BCUT2D eigenvalue weighted by Crippen LogP contribution is 2.46. The zero-order valence-corrected chi connectivity index (χ0v) is 8.47. The summed E-state index contributed by atoms with van der Waals surface area (Å²) in [5.41, 5.74) is 0.753. The Morgan fingerprint density at radius 3 is 2.08 bits per heavy atom. The Kier molecular flexibility index (Phi) is 2.16. The molecule has 0 spiro atoms. The Bertz CT molecular complexity index is 143. The van der Waals surface area contributed by atoms with Crippen molar-refractivity contribution in [3.8, 4) is 0 Å². The first-order valence-corrected chi connectivity index (χ1v) is 5.49. The number of piperidine rings is 3. The van der Waals surface area contributed by atoms with Crippen molar-refractivity contribution < 1.29 is 0 Å². The average Bonchev–Trinajstić information content (AvgIpc) is 2.19. The van der Waals surface area contributed by atoms with E-state index in [9.17, 15) is 0 Å². The maximum absolute atomic E-state index is 2.63. The van der Waals surface area contributed by atoms with Crippen LogP contribution >= 0.6 is 0 Å². The number of hydrogen-bond acceptors (Lipinski definition) is 1. The minimum absolute atomic E-state index is 0.753. The van der Waals surface area contributed by atoms with E-state index in [4.69, 9.17) is 0 Å². The van der Waals surface area contributed by atoms with Gasteiger partial charge in [-0.15, -0.1) is 0 Å². The summed E-state index contributed by atoms with van der Waals surface area (Å²) in [6, 6.07) is 0. The molecule has 70 valence electrons. The van der Waals surface area contributed by atoms with Crippen molar-refractivity contribution in [3.63, 3.8) is 0 Å².